The molecule has 0 atom stereocenters. The summed E-state index contributed by atoms with van der Waals surface area (Å²) in [6.07, 6.45) is 0. The van der Waals surface area contributed by atoms with Crippen molar-refractivity contribution in [2.45, 2.75) is 11.5 Å². The maximum atomic E-state index is 13.6. The van der Waals surface area contributed by atoms with Crippen molar-refractivity contribution in [1.29, 1.82) is 0 Å². The Morgan fingerprint density at radius 3 is 2.90 bits per heavy atom. The lowest BCUT2D eigenvalue weighted by atomic mass is 10.2. The minimum absolute atomic E-state index is 0.292. The Morgan fingerprint density at radius 2 is 2.14 bits per heavy atom. The fraction of sp³-hybridized carbons (Fsp3) is 0.143. The number of hydrogen-bond acceptors (Lipinski definition) is 5. The van der Waals surface area contributed by atoms with Crippen LogP contribution in [0.4, 0.5) is 4.39 Å². The molecule has 0 bridgehead atoms. The Morgan fingerprint density at radius 1 is 1.24 bits per heavy atom. The number of aromatic nitrogens is 2. The van der Waals surface area contributed by atoms with Crippen LogP contribution in [-0.2, 0) is 11.5 Å². The fourth-order valence-corrected chi connectivity index (χ4v) is 3.58. The van der Waals surface area contributed by atoms with Gasteiger partial charge < -0.3 is 4.52 Å². The summed E-state index contributed by atoms with van der Waals surface area (Å²) in [5, 5.41) is 6.33. The predicted octanol–water partition coefficient (Wildman–Crippen LogP) is 5.02. The molecule has 3 rings (SSSR count). The van der Waals surface area contributed by atoms with Crippen molar-refractivity contribution in [3.05, 3.63) is 58.0 Å². The number of benzene rings is 1. The highest BCUT2D eigenvalue weighted by Gasteiger charge is 2.11. The lowest BCUT2D eigenvalue weighted by Gasteiger charge is -2.03. The molecule has 0 fully saturated rings. The molecule has 0 N–H and O–H groups in total. The van der Waals surface area contributed by atoms with Gasteiger partial charge in [-0.1, -0.05) is 28.9 Å². The SMILES string of the molecule is Fc1cccc(Cl)c1CSCc1nc(-c2cccs2)no1. The summed E-state index contributed by atoms with van der Waals surface area (Å²) in [5.74, 6) is 1.80. The molecule has 2 heterocycles. The van der Waals surface area contributed by atoms with Gasteiger partial charge in [0.05, 0.1) is 10.6 Å². The first-order chi connectivity index (χ1) is 10.2. The lowest BCUT2D eigenvalue weighted by molar-refractivity contribution is 0.392. The molecular weight excluding hydrogens is 331 g/mol. The second-order valence-corrected chi connectivity index (χ2v) is 6.52. The molecule has 0 aliphatic heterocycles. The quantitative estimate of drug-likeness (QED) is 0.653. The molecular formula is C14H10ClFN2OS2. The van der Waals surface area contributed by atoms with Crippen LogP contribution in [0.2, 0.25) is 5.02 Å². The molecule has 21 heavy (non-hydrogen) atoms. The number of hydrogen-bond donors (Lipinski definition) is 0. The van der Waals surface area contributed by atoms with E-state index in [0.29, 0.717) is 33.8 Å². The van der Waals surface area contributed by atoms with Gasteiger partial charge >= 0.3 is 0 Å². The lowest BCUT2D eigenvalue weighted by Crippen LogP contribution is -1.90. The van der Waals surface area contributed by atoms with Gasteiger partial charge in [-0.2, -0.15) is 4.98 Å². The van der Waals surface area contributed by atoms with Gasteiger partial charge in [0.15, 0.2) is 0 Å². The molecule has 0 radical (unpaired) electrons. The van der Waals surface area contributed by atoms with Crippen molar-refractivity contribution in [2.75, 3.05) is 0 Å². The van der Waals surface area contributed by atoms with Crippen LogP contribution in [0, 0.1) is 5.82 Å². The average molecular weight is 341 g/mol. The van der Waals surface area contributed by atoms with E-state index >= 15 is 0 Å². The van der Waals surface area contributed by atoms with E-state index in [9.17, 15) is 4.39 Å². The summed E-state index contributed by atoms with van der Waals surface area (Å²) in [4.78, 5) is 5.28. The van der Waals surface area contributed by atoms with Crippen LogP contribution in [0.15, 0.2) is 40.2 Å². The minimum atomic E-state index is -0.292. The summed E-state index contributed by atoms with van der Waals surface area (Å²) in [5.41, 5.74) is 0.502. The maximum Gasteiger partial charge on any atom is 0.236 e. The van der Waals surface area contributed by atoms with Crippen LogP contribution < -0.4 is 0 Å². The minimum Gasteiger partial charge on any atom is -0.338 e. The van der Waals surface area contributed by atoms with Crippen LogP contribution in [0.5, 0.6) is 0 Å². The van der Waals surface area contributed by atoms with E-state index in [4.69, 9.17) is 16.1 Å². The van der Waals surface area contributed by atoms with Crippen LogP contribution in [0.25, 0.3) is 10.7 Å². The van der Waals surface area contributed by atoms with Gasteiger partial charge in [0, 0.05) is 16.3 Å². The third kappa shape index (κ3) is 3.45. The zero-order chi connectivity index (χ0) is 14.7. The molecule has 0 saturated carbocycles. The first kappa shape index (κ1) is 14.6. The van der Waals surface area contributed by atoms with Crippen LogP contribution in [0.1, 0.15) is 11.5 Å². The highest BCUT2D eigenvalue weighted by atomic mass is 35.5. The molecule has 3 aromatic rings. The summed E-state index contributed by atoms with van der Waals surface area (Å²) in [6, 6.07) is 8.55. The second kappa shape index (κ2) is 6.60. The van der Waals surface area contributed by atoms with Crippen molar-refractivity contribution in [3.8, 4) is 10.7 Å². The molecule has 1 aromatic carbocycles. The van der Waals surface area contributed by atoms with Crippen molar-refractivity contribution in [1.82, 2.24) is 10.1 Å². The number of halogens is 2. The van der Waals surface area contributed by atoms with Crippen molar-refractivity contribution < 1.29 is 8.91 Å². The molecule has 0 saturated heterocycles. The highest BCUT2D eigenvalue weighted by Crippen LogP contribution is 2.26. The standard InChI is InChI=1S/C14H10ClFN2OS2/c15-10-3-1-4-11(16)9(10)7-20-8-13-17-14(18-19-13)12-5-2-6-21-12/h1-6H,7-8H2. The normalized spacial score (nSPS) is 11.0. The van der Waals surface area contributed by atoms with Crippen LogP contribution >= 0.6 is 34.7 Å². The Labute approximate surface area is 134 Å². The zero-order valence-corrected chi connectivity index (χ0v) is 13.1. The molecule has 0 aliphatic rings. The van der Waals surface area contributed by atoms with Gasteiger partial charge in [-0.15, -0.1) is 23.1 Å². The molecule has 3 nitrogen and oxygen atoms in total. The Bertz CT molecular complexity index is 710. The van der Waals surface area contributed by atoms with E-state index in [2.05, 4.69) is 10.1 Å². The molecule has 0 unspecified atom stereocenters. The van der Waals surface area contributed by atoms with Crippen molar-refractivity contribution in [2.24, 2.45) is 0 Å². The summed E-state index contributed by atoms with van der Waals surface area (Å²) < 4.78 is 18.8. The topological polar surface area (TPSA) is 38.9 Å². The Kier molecular flexibility index (Phi) is 4.57. The maximum absolute atomic E-state index is 13.6. The highest BCUT2D eigenvalue weighted by molar-refractivity contribution is 7.97. The summed E-state index contributed by atoms with van der Waals surface area (Å²) >= 11 is 9.02. The first-order valence-electron chi connectivity index (χ1n) is 6.11. The number of nitrogens with zero attached hydrogens (tertiary/aromatic N) is 2. The molecule has 2 aromatic heterocycles. The third-order valence-electron chi connectivity index (χ3n) is 2.74. The van der Waals surface area contributed by atoms with E-state index in [-0.39, 0.29) is 5.82 Å². The number of thioether (sulfide) groups is 1. The van der Waals surface area contributed by atoms with E-state index in [0.717, 1.165) is 4.88 Å². The Balaban J connectivity index is 1.61. The van der Waals surface area contributed by atoms with Gasteiger partial charge in [0.1, 0.15) is 5.82 Å². The van der Waals surface area contributed by atoms with Gasteiger partial charge in [-0.3, -0.25) is 0 Å². The third-order valence-corrected chi connectivity index (χ3v) is 4.91. The average Bonchev–Trinajstić information content (AvgIpc) is 3.12. The van der Waals surface area contributed by atoms with Crippen LogP contribution in [-0.4, -0.2) is 10.1 Å². The van der Waals surface area contributed by atoms with Gasteiger partial charge in [-0.25, -0.2) is 4.39 Å². The van der Waals surface area contributed by atoms with Crippen molar-refractivity contribution >= 4 is 34.7 Å². The second-order valence-electron chi connectivity index (χ2n) is 4.18. The molecule has 0 amide bonds. The summed E-state index contributed by atoms with van der Waals surface area (Å²) in [6.45, 7) is 0. The van der Waals surface area contributed by atoms with Gasteiger partial charge in [0.2, 0.25) is 11.7 Å². The van der Waals surface area contributed by atoms with E-state index in [1.807, 2.05) is 17.5 Å². The largest absolute Gasteiger partial charge is 0.338 e. The van der Waals surface area contributed by atoms with E-state index < -0.39 is 0 Å². The van der Waals surface area contributed by atoms with E-state index in [1.165, 1.54) is 17.8 Å². The Hall–Kier alpha value is -1.37. The smallest absolute Gasteiger partial charge is 0.236 e. The number of rotatable bonds is 5. The van der Waals surface area contributed by atoms with Gasteiger partial charge in [0.25, 0.3) is 0 Å². The monoisotopic (exact) mass is 340 g/mol. The van der Waals surface area contributed by atoms with Crippen LogP contribution in [0.3, 0.4) is 0 Å². The predicted molar refractivity (Wildman–Crippen MR) is 84.0 cm³/mol. The number of thiophene rings is 1. The molecule has 108 valence electrons. The van der Waals surface area contributed by atoms with Crippen molar-refractivity contribution in [3.63, 3.8) is 0 Å². The molecule has 0 aliphatic carbocycles. The first-order valence-corrected chi connectivity index (χ1v) is 8.52. The molecule has 7 heteroatoms. The van der Waals surface area contributed by atoms with Gasteiger partial charge in [-0.05, 0) is 23.6 Å². The molecule has 0 spiro atoms. The zero-order valence-electron chi connectivity index (χ0n) is 10.8. The summed E-state index contributed by atoms with van der Waals surface area (Å²) in [7, 11) is 0. The fourth-order valence-electron chi connectivity index (χ4n) is 1.73. The van der Waals surface area contributed by atoms with E-state index in [1.54, 1.807) is 23.5 Å².